The van der Waals surface area contributed by atoms with E-state index in [1.165, 1.54) is 12.1 Å². The van der Waals surface area contributed by atoms with Gasteiger partial charge in [-0.1, -0.05) is 23.7 Å². The molecular weight excluding hydrogens is 263 g/mol. The number of halogens is 2. The van der Waals surface area contributed by atoms with Crippen LogP contribution in [0, 0.1) is 15.9 Å². The monoisotopic (exact) mass is 270 g/mol. The van der Waals surface area contributed by atoms with Crippen molar-refractivity contribution in [2.75, 3.05) is 5.73 Å². The summed E-state index contributed by atoms with van der Waals surface area (Å²) in [5.74, 6) is -0.712. The van der Waals surface area contributed by atoms with E-state index in [4.69, 9.17) is 17.3 Å². The molecule has 2 N–H and O–H groups in total. The van der Waals surface area contributed by atoms with Gasteiger partial charge in [0.2, 0.25) is 5.82 Å². The van der Waals surface area contributed by atoms with Crippen molar-refractivity contribution in [3.63, 3.8) is 0 Å². The molecule has 0 saturated carbocycles. The molecule has 2 aromatic rings. The van der Waals surface area contributed by atoms with Crippen molar-refractivity contribution in [2.24, 2.45) is 0 Å². The number of hydrogen-bond acceptors (Lipinski definition) is 4. The number of aromatic nitrogens is 2. The summed E-state index contributed by atoms with van der Waals surface area (Å²) in [6.45, 7) is -0.0218. The van der Waals surface area contributed by atoms with Crippen LogP contribution in [0.1, 0.15) is 5.56 Å². The number of rotatable bonds is 3. The van der Waals surface area contributed by atoms with E-state index in [0.29, 0.717) is 0 Å². The van der Waals surface area contributed by atoms with Crippen molar-refractivity contribution < 1.29 is 9.31 Å². The molecule has 0 aliphatic rings. The van der Waals surface area contributed by atoms with Gasteiger partial charge in [0.1, 0.15) is 12.0 Å². The lowest BCUT2D eigenvalue weighted by Crippen LogP contribution is -2.08. The molecule has 6 nitrogen and oxygen atoms in total. The van der Waals surface area contributed by atoms with Crippen molar-refractivity contribution in [1.82, 2.24) is 9.78 Å². The minimum atomic E-state index is -0.646. The molecule has 0 aliphatic heterocycles. The summed E-state index contributed by atoms with van der Waals surface area (Å²) in [7, 11) is 0. The maximum atomic E-state index is 13.6. The predicted molar refractivity (Wildman–Crippen MR) is 63.8 cm³/mol. The van der Waals surface area contributed by atoms with Crippen molar-refractivity contribution in [3.8, 4) is 0 Å². The Morgan fingerprint density at radius 1 is 1.56 bits per heavy atom. The molecule has 18 heavy (non-hydrogen) atoms. The largest absolute Gasteiger partial charge is 0.378 e. The van der Waals surface area contributed by atoms with Gasteiger partial charge >= 0.3 is 5.69 Å². The summed E-state index contributed by atoms with van der Waals surface area (Å²) < 4.78 is 14.8. The molecule has 0 unspecified atom stereocenters. The van der Waals surface area contributed by atoms with Gasteiger partial charge in [0, 0.05) is 5.56 Å². The second kappa shape index (κ2) is 4.61. The van der Waals surface area contributed by atoms with Crippen molar-refractivity contribution in [2.45, 2.75) is 6.54 Å². The zero-order valence-corrected chi connectivity index (χ0v) is 9.76. The molecule has 0 fully saturated rings. The normalized spacial score (nSPS) is 10.6. The lowest BCUT2D eigenvalue weighted by Gasteiger charge is -2.05. The quantitative estimate of drug-likeness (QED) is 0.684. The Kier molecular flexibility index (Phi) is 3.15. The average Bonchev–Trinajstić information content (AvgIpc) is 2.67. The summed E-state index contributed by atoms with van der Waals surface area (Å²) in [5, 5.41) is 14.3. The third-order valence-electron chi connectivity index (χ3n) is 2.41. The molecular formula is C10H8ClFN4O2. The third kappa shape index (κ3) is 2.12. The van der Waals surface area contributed by atoms with E-state index < -0.39 is 10.7 Å². The smallest absolute Gasteiger partial charge is 0.330 e. The lowest BCUT2D eigenvalue weighted by atomic mass is 10.2. The minimum absolute atomic E-state index is 0.0206. The molecule has 0 amide bonds. The molecule has 0 aliphatic carbocycles. The molecule has 8 heteroatoms. The van der Waals surface area contributed by atoms with Crippen LogP contribution in [-0.4, -0.2) is 14.7 Å². The number of benzene rings is 1. The highest BCUT2D eigenvalue weighted by atomic mass is 35.5. The van der Waals surface area contributed by atoms with Crippen molar-refractivity contribution in [3.05, 3.63) is 50.9 Å². The minimum Gasteiger partial charge on any atom is -0.378 e. The molecule has 0 bridgehead atoms. The van der Waals surface area contributed by atoms with Gasteiger partial charge in [0.25, 0.3) is 0 Å². The number of nitro groups is 1. The highest BCUT2D eigenvalue weighted by molar-refractivity contribution is 6.30. The molecule has 1 heterocycles. The Bertz CT molecular complexity index is 614. The Morgan fingerprint density at radius 2 is 2.28 bits per heavy atom. The van der Waals surface area contributed by atoms with Gasteiger partial charge in [-0.2, -0.15) is 5.10 Å². The summed E-state index contributed by atoms with van der Waals surface area (Å²) in [6, 6.07) is 4.50. The predicted octanol–water partition coefficient (Wildman–Crippen LogP) is 2.21. The SMILES string of the molecule is Nc1c([N+](=O)[O-])cnn1Cc1cccc(Cl)c1F. The number of anilines is 1. The summed E-state index contributed by atoms with van der Waals surface area (Å²) >= 11 is 5.63. The fourth-order valence-electron chi connectivity index (χ4n) is 1.48. The first-order valence-electron chi connectivity index (χ1n) is 4.89. The van der Waals surface area contributed by atoms with Gasteiger partial charge < -0.3 is 5.73 Å². The standard InChI is InChI=1S/C10H8ClFN4O2/c11-7-3-1-2-6(9(7)12)5-15-10(13)8(4-14-15)16(17)18/h1-4H,5,13H2. The Balaban J connectivity index is 2.35. The highest BCUT2D eigenvalue weighted by Gasteiger charge is 2.18. The first-order valence-corrected chi connectivity index (χ1v) is 5.27. The van der Waals surface area contributed by atoms with E-state index in [0.717, 1.165) is 10.9 Å². The summed E-state index contributed by atoms with van der Waals surface area (Å²) in [6.07, 6.45) is 1.03. The average molecular weight is 271 g/mol. The molecule has 0 radical (unpaired) electrons. The Morgan fingerprint density at radius 3 is 2.89 bits per heavy atom. The topological polar surface area (TPSA) is 87.0 Å². The van der Waals surface area contributed by atoms with Gasteiger partial charge in [-0.15, -0.1) is 0 Å². The maximum Gasteiger partial charge on any atom is 0.330 e. The van der Waals surface area contributed by atoms with Crippen LogP contribution < -0.4 is 5.73 Å². The fourth-order valence-corrected chi connectivity index (χ4v) is 1.68. The van der Waals surface area contributed by atoms with Gasteiger partial charge in [0.15, 0.2) is 0 Å². The van der Waals surface area contributed by atoms with Crippen molar-refractivity contribution >= 4 is 23.1 Å². The van der Waals surface area contributed by atoms with Crippen LogP contribution in [-0.2, 0) is 6.54 Å². The fraction of sp³-hybridized carbons (Fsp3) is 0.100. The molecule has 0 saturated heterocycles. The van der Waals surface area contributed by atoms with E-state index in [9.17, 15) is 14.5 Å². The van der Waals surface area contributed by atoms with Gasteiger partial charge in [-0.3, -0.25) is 10.1 Å². The maximum absolute atomic E-state index is 13.6. The van der Waals surface area contributed by atoms with E-state index >= 15 is 0 Å². The second-order valence-corrected chi connectivity index (χ2v) is 3.95. The van der Waals surface area contributed by atoms with Crippen LogP contribution in [0.2, 0.25) is 5.02 Å². The van der Waals surface area contributed by atoms with Crippen LogP contribution in [0.3, 0.4) is 0 Å². The number of nitrogen functional groups attached to an aromatic ring is 1. The molecule has 94 valence electrons. The molecule has 1 aromatic carbocycles. The van der Waals surface area contributed by atoms with Crippen molar-refractivity contribution in [1.29, 1.82) is 0 Å². The number of nitrogens with zero attached hydrogens (tertiary/aromatic N) is 3. The second-order valence-electron chi connectivity index (χ2n) is 3.54. The molecule has 0 spiro atoms. The van der Waals surface area contributed by atoms with E-state index in [2.05, 4.69) is 5.10 Å². The highest BCUT2D eigenvalue weighted by Crippen LogP contribution is 2.23. The number of hydrogen-bond donors (Lipinski definition) is 1. The zero-order valence-electron chi connectivity index (χ0n) is 9.01. The van der Waals surface area contributed by atoms with Crippen LogP contribution in [0.4, 0.5) is 15.9 Å². The first-order chi connectivity index (χ1) is 8.50. The van der Waals surface area contributed by atoms with Gasteiger partial charge in [-0.25, -0.2) is 9.07 Å². The van der Waals surface area contributed by atoms with Crippen LogP contribution >= 0.6 is 11.6 Å². The summed E-state index contributed by atoms with van der Waals surface area (Å²) in [5.41, 5.74) is 5.49. The molecule has 2 rings (SSSR count). The van der Waals surface area contributed by atoms with Gasteiger partial charge in [0.05, 0.1) is 16.5 Å². The first kappa shape index (κ1) is 12.3. The Labute approximate surface area is 106 Å². The van der Waals surface area contributed by atoms with Crippen LogP contribution in [0.15, 0.2) is 24.4 Å². The van der Waals surface area contributed by atoms with Gasteiger partial charge in [-0.05, 0) is 6.07 Å². The van der Waals surface area contributed by atoms with E-state index in [1.807, 2.05) is 0 Å². The third-order valence-corrected chi connectivity index (χ3v) is 2.70. The molecule has 1 aromatic heterocycles. The number of nitrogens with two attached hydrogens (primary N) is 1. The van der Waals surface area contributed by atoms with E-state index in [-0.39, 0.29) is 28.6 Å². The van der Waals surface area contributed by atoms with Crippen LogP contribution in [0.5, 0.6) is 0 Å². The van der Waals surface area contributed by atoms with E-state index in [1.54, 1.807) is 6.07 Å². The Hall–Kier alpha value is -2.15. The summed E-state index contributed by atoms with van der Waals surface area (Å²) in [4.78, 5) is 9.94. The zero-order chi connectivity index (χ0) is 13.3. The molecule has 0 atom stereocenters. The van der Waals surface area contributed by atoms with Crippen LogP contribution in [0.25, 0.3) is 0 Å². The lowest BCUT2D eigenvalue weighted by molar-refractivity contribution is -0.384.